The van der Waals surface area contributed by atoms with Crippen LogP contribution in [-0.2, 0) is 0 Å². The molecule has 2 heteroatoms. The molecule has 0 saturated carbocycles. The molecule has 2 aromatic carbocycles. The van der Waals surface area contributed by atoms with Crippen LogP contribution in [0.3, 0.4) is 0 Å². The topological polar surface area (TPSA) is 21.3 Å². The predicted molar refractivity (Wildman–Crippen MR) is 85.1 cm³/mol. The molecule has 0 amide bonds. The van der Waals surface area contributed by atoms with Gasteiger partial charge in [-0.3, -0.25) is 0 Å². The monoisotopic (exact) mass is 269 g/mol. The molecule has 2 aromatic rings. The third kappa shape index (κ3) is 3.40. The molecule has 1 N–H and O–H groups in total. The molecule has 0 radical (unpaired) electrons. The van der Waals surface area contributed by atoms with E-state index >= 15 is 0 Å². The third-order valence-corrected chi connectivity index (χ3v) is 3.51. The lowest BCUT2D eigenvalue weighted by Gasteiger charge is -2.18. The lowest BCUT2D eigenvalue weighted by molar-refractivity contribution is 0.415. The third-order valence-electron chi connectivity index (χ3n) is 3.51. The van der Waals surface area contributed by atoms with Crippen LogP contribution in [0.2, 0.25) is 0 Å². The van der Waals surface area contributed by atoms with Crippen LogP contribution in [0.1, 0.15) is 31.9 Å². The van der Waals surface area contributed by atoms with Crippen molar-refractivity contribution in [2.45, 2.75) is 26.3 Å². The molecule has 0 bridgehead atoms. The first kappa shape index (κ1) is 14.6. The second kappa shape index (κ2) is 7.11. The Balaban J connectivity index is 2.35. The summed E-state index contributed by atoms with van der Waals surface area (Å²) in [6.07, 6.45) is 1.14. The van der Waals surface area contributed by atoms with Gasteiger partial charge in [-0.25, -0.2) is 0 Å². The van der Waals surface area contributed by atoms with Crippen LogP contribution >= 0.6 is 0 Å². The molecule has 0 heterocycles. The second-order valence-electron chi connectivity index (χ2n) is 5.00. The van der Waals surface area contributed by atoms with Gasteiger partial charge in [-0.2, -0.15) is 0 Å². The van der Waals surface area contributed by atoms with E-state index in [1.807, 2.05) is 12.1 Å². The maximum atomic E-state index is 5.33. The summed E-state index contributed by atoms with van der Waals surface area (Å²) in [5, 5.41) is 3.56. The fraction of sp³-hybridized carbons (Fsp3) is 0.333. The maximum absolute atomic E-state index is 5.33. The first-order chi connectivity index (χ1) is 9.76. The molecule has 0 aliphatic heterocycles. The summed E-state index contributed by atoms with van der Waals surface area (Å²) >= 11 is 0. The number of rotatable bonds is 6. The fourth-order valence-electron chi connectivity index (χ4n) is 2.40. The lowest BCUT2D eigenvalue weighted by Crippen LogP contribution is -2.19. The van der Waals surface area contributed by atoms with Gasteiger partial charge in [0.2, 0.25) is 0 Å². The molecule has 2 nitrogen and oxygen atoms in total. The Bertz CT molecular complexity index is 551. The largest absolute Gasteiger partial charge is 0.497 e. The second-order valence-corrected chi connectivity index (χ2v) is 5.00. The van der Waals surface area contributed by atoms with Crippen molar-refractivity contribution in [1.29, 1.82) is 0 Å². The average Bonchev–Trinajstić information content (AvgIpc) is 2.52. The minimum Gasteiger partial charge on any atom is -0.497 e. The van der Waals surface area contributed by atoms with Crippen molar-refractivity contribution in [2.24, 2.45) is 0 Å². The van der Waals surface area contributed by atoms with E-state index in [1.165, 1.54) is 16.7 Å². The Morgan fingerprint density at radius 2 is 1.90 bits per heavy atom. The van der Waals surface area contributed by atoms with E-state index in [4.69, 9.17) is 4.74 Å². The lowest BCUT2D eigenvalue weighted by atomic mass is 9.95. The van der Waals surface area contributed by atoms with Crippen molar-refractivity contribution in [3.05, 3.63) is 54.1 Å². The van der Waals surface area contributed by atoms with Crippen LogP contribution in [0.15, 0.2) is 48.5 Å². The van der Waals surface area contributed by atoms with Gasteiger partial charge >= 0.3 is 0 Å². The van der Waals surface area contributed by atoms with Gasteiger partial charge in [0.25, 0.3) is 0 Å². The van der Waals surface area contributed by atoms with E-state index in [9.17, 15) is 0 Å². The number of hydrogen-bond donors (Lipinski definition) is 1. The van der Waals surface area contributed by atoms with Crippen LogP contribution in [0.4, 0.5) is 0 Å². The van der Waals surface area contributed by atoms with Gasteiger partial charge in [-0.05, 0) is 48.7 Å². The molecule has 0 aliphatic rings. The number of nitrogens with one attached hydrogen (secondary N) is 1. The molecule has 1 atom stereocenters. The van der Waals surface area contributed by atoms with E-state index < -0.39 is 0 Å². The van der Waals surface area contributed by atoms with Gasteiger partial charge in [0.15, 0.2) is 0 Å². The van der Waals surface area contributed by atoms with Gasteiger partial charge in [-0.15, -0.1) is 0 Å². The summed E-state index contributed by atoms with van der Waals surface area (Å²) in [5.41, 5.74) is 3.79. The predicted octanol–water partition coefficient (Wildman–Crippen LogP) is 4.42. The van der Waals surface area contributed by atoms with E-state index in [1.54, 1.807) is 7.11 Å². The number of ether oxygens (including phenoxy) is 1. The minimum atomic E-state index is 0.345. The first-order valence-corrected chi connectivity index (χ1v) is 7.23. The van der Waals surface area contributed by atoms with Gasteiger partial charge in [0, 0.05) is 6.04 Å². The normalized spacial score (nSPS) is 12.2. The quantitative estimate of drug-likeness (QED) is 0.838. The summed E-state index contributed by atoms with van der Waals surface area (Å²) in [6, 6.07) is 17.1. The summed E-state index contributed by atoms with van der Waals surface area (Å²) < 4.78 is 5.33. The number of methoxy groups -OCH3 is 1. The van der Waals surface area contributed by atoms with Crippen LogP contribution < -0.4 is 10.1 Å². The molecule has 0 saturated heterocycles. The summed E-state index contributed by atoms with van der Waals surface area (Å²) in [5.74, 6) is 0.895. The summed E-state index contributed by atoms with van der Waals surface area (Å²) in [6.45, 7) is 5.44. The smallest absolute Gasteiger partial charge is 0.119 e. The zero-order valence-corrected chi connectivity index (χ0v) is 12.5. The first-order valence-electron chi connectivity index (χ1n) is 7.23. The van der Waals surface area contributed by atoms with E-state index in [0.29, 0.717) is 6.04 Å². The van der Waals surface area contributed by atoms with E-state index in [0.717, 1.165) is 18.7 Å². The molecule has 0 fully saturated rings. The molecule has 20 heavy (non-hydrogen) atoms. The van der Waals surface area contributed by atoms with Gasteiger partial charge in [-0.1, -0.05) is 43.3 Å². The Labute approximate surface area is 121 Å². The molecular formula is C18H23NO. The highest BCUT2D eigenvalue weighted by atomic mass is 16.5. The molecule has 2 rings (SSSR count). The zero-order valence-electron chi connectivity index (χ0n) is 12.5. The molecule has 0 aromatic heterocycles. The highest BCUT2D eigenvalue weighted by molar-refractivity contribution is 5.69. The molecule has 106 valence electrons. The van der Waals surface area contributed by atoms with Crippen LogP contribution in [-0.4, -0.2) is 13.7 Å². The number of hydrogen-bond acceptors (Lipinski definition) is 2. The van der Waals surface area contributed by atoms with Crippen molar-refractivity contribution in [2.75, 3.05) is 13.7 Å². The molecule has 0 aliphatic carbocycles. The Kier molecular flexibility index (Phi) is 5.19. The molecule has 0 spiro atoms. The van der Waals surface area contributed by atoms with E-state index in [-0.39, 0.29) is 0 Å². The Morgan fingerprint density at radius 1 is 1.10 bits per heavy atom. The molecule has 1 unspecified atom stereocenters. The highest BCUT2D eigenvalue weighted by Gasteiger charge is 2.11. The minimum absolute atomic E-state index is 0.345. The number of benzene rings is 2. The Hall–Kier alpha value is -1.80. The maximum Gasteiger partial charge on any atom is 0.119 e. The standard InChI is InChI=1S/C18H23NO/c1-4-12-19-14(2)17-10-5-6-11-18(17)15-8-7-9-16(13-15)20-3/h5-11,13-14,19H,4,12H2,1-3H3. The van der Waals surface area contributed by atoms with Crippen molar-refractivity contribution in [3.63, 3.8) is 0 Å². The fourth-order valence-corrected chi connectivity index (χ4v) is 2.40. The van der Waals surface area contributed by atoms with Gasteiger partial charge in [0.05, 0.1) is 7.11 Å². The van der Waals surface area contributed by atoms with Crippen LogP contribution in [0.5, 0.6) is 5.75 Å². The van der Waals surface area contributed by atoms with Crippen LogP contribution in [0, 0.1) is 0 Å². The highest BCUT2D eigenvalue weighted by Crippen LogP contribution is 2.30. The summed E-state index contributed by atoms with van der Waals surface area (Å²) in [7, 11) is 1.70. The van der Waals surface area contributed by atoms with E-state index in [2.05, 4.69) is 55.6 Å². The SMILES string of the molecule is CCCNC(C)c1ccccc1-c1cccc(OC)c1. The van der Waals surface area contributed by atoms with Gasteiger partial charge in [0.1, 0.15) is 5.75 Å². The van der Waals surface area contributed by atoms with Crippen molar-refractivity contribution >= 4 is 0 Å². The Morgan fingerprint density at radius 3 is 2.65 bits per heavy atom. The van der Waals surface area contributed by atoms with Crippen LogP contribution in [0.25, 0.3) is 11.1 Å². The van der Waals surface area contributed by atoms with Gasteiger partial charge < -0.3 is 10.1 Å². The summed E-state index contributed by atoms with van der Waals surface area (Å²) in [4.78, 5) is 0. The van der Waals surface area contributed by atoms with Crippen molar-refractivity contribution < 1.29 is 4.74 Å². The average molecular weight is 269 g/mol. The van der Waals surface area contributed by atoms with Crippen molar-refractivity contribution in [3.8, 4) is 16.9 Å². The van der Waals surface area contributed by atoms with Crippen molar-refractivity contribution in [1.82, 2.24) is 5.32 Å². The zero-order chi connectivity index (χ0) is 14.4. The molecular weight excluding hydrogens is 246 g/mol.